The van der Waals surface area contributed by atoms with Crippen molar-refractivity contribution in [1.29, 1.82) is 0 Å². The molecule has 2 aliphatic heterocycles. The van der Waals surface area contributed by atoms with Crippen LogP contribution in [0.5, 0.6) is 0 Å². The van der Waals surface area contributed by atoms with E-state index in [1.807, 2.05) is 12.3 Å². The molecule has 4 heterocycles. The molecule has 2 fully saturated rings. The molecule has 1 amide bonds. The van der Waals surface area contributed by atoms with Crippen molar-refractivity contribution in [3.8, 4) is 0 Å². The molecule has 4 rings (SSSR count). The van der Waals surface area contributed by atoms with Gasteiger partial charge in [0.1, 0.15) is 10.7 Å². The van der Waals surface area contributed by atoms with E-state index in [0.29, 0.717) is 5.69 Å². The normalized spacial score (nSPS) is 27.2. The lowest BCUT2D eigenvalue weighted by molar-refractivity contribution is 0.0904. The Balaban J connectivity index is 1.55. The molecule has 2 saturated heterocycles. The number of thiophene rings is 1. The summed E-state index contributed by atoms with van der Waals surface area (Å²) in [7, 11) is 0. The first-order chi connectivity index (χ1) is 10.7. The number of carbonyl (C=O) groups is 1. The summed E-state index contributed by atoms with van der Waals surface area (Å²) in [5.74, 6) is 0.728. The van der Waals surface area contributed by atoms with E-state index in [1.165, 1.54) is 19.5 Å². The quantitative estimate of drug-likeness (QED) is 0.878. The van der Waals surface area contributed by atoms with Crippen molar-refractivity contribution in [3.05, 3.63) is 23.2 Å². The first-order valence-corrected chi connectivity index (χ1v) is 9.79. The third-order valence-electron chi connectivity index (χ3n) is 4.64. The molecular weight excluding hydrogens is 314 g/mol. The first-order valence-electron chi connectivity index (χ1n) is 7.68. The zero-order valence-electron chi connectivity index (χ0n) is 12.5. The number of amides is 1. The maximum absolute atomic E-state index is 12.6. The molecule has 116 valence electrons. The number of nitrogens with one attached hydrogen (secondary N) is 1. The predicted molar refractivity (Wildman–Crippen MR) is 91.8 cm³/mol. The molecule has 0 saturated carbocycles. The van der Waals surface area contributed by atoms with Crippen LogP contribution in [0.25, 0.3) is 10.1 Å². The number of aromatic nitrogens is 1. The molecule has 0 radical (unpaired) electrons. The van der Waals surface area contributed by atoms with Gasteiger partial charge in [-0.25, -0.2) is 4.98 Å². The summed E-state index contributed by atoms with van der Waals surface area (Å²) < 4.78 is 1.14. The van der Waals surface area contributed by atoms with Crippen LogP contribution in [0.15, 0.2) is 22.5 Å². The number of pyridine rings is 1. The second-order valence-corrected chi connectivity index (χ2v) is 7.91. The average molecular weight is 333 g/mol. The summed E-state index contributed by atoms with van der Waals surface area (Å²) in [6.07, 6.45) is 4.40. The van der Waals surface area contributed by atoms with Crippen LogP contribution in [0, 0.1) is 5.92 Å². The minimum absolute atomic E-state index is 0.0295. The minimum Gasteiger partial charge on any atom is -0.347 e. The van der Waals surface area contributed by atoms with Crippen molar-refractivity contribution in [3.63, 3.8) is 0 Å². The largest absolute Gasteiger partial charge is 0.347 e. The van der Waals surface area contributed by atoms with E-state index < -0.39 is 0 Å². The third-order valence-corrected chi connectivity index (χ3v) is 6.20. The van der Waals surface area contributed by atoms with Crippen LogP contribution >= 0.6 is 23.1 Å². The van der Waals surface area contributed by atoms with E-state index in [-0.39, 0.29) is 11.9 Å². The number of rotatable bonds is 3. The van der Waals surface area contributed by atoms with Gasteiger partial charge in [-0.05, 0) is 49.1 Å². The Morgan fingerprint density at radius 3 is 3.23 bits per heavy atom. The van der Waals surface area contributed by atoms with Crippen molar-refractivity contribution in [2.24, 2.45) is 5.92 Å². The number of hydrogen-bond acceptors (Lipinski definition) is 5. The van der Waals surface area contributed by atoms with Gasteiger partial charge in [-0.3, -0.25) is 4.79 Å². The fourth-order valence-corrected chi connectivity index (χ4v) is 5.11. The van der Waals surface area contributed by atoms with E-state index in [1.54, 1.807) is 23.1 Å². The SMILES string of the molecule is CSc1nc(C(=O)N[C@@H]2C[C@@H]3CCN(C3)C2)cc2sccc12. The van der Waals surface area contributed by atoms with Crippen LogP contribution in [0.4, 0.5) is 0 Å². The smallest absolute Gasteiger partial charge is 0.270 e. The second kappa shape index (κ2) is 5.83. The Labute approximate surface area is 138 Å². The lowest BCUT2D eigenvalue weighted by Crippen LogP contribution is -2.47. The summed E-state index contributed by atoms with van der Waals surface area (Å²) in [6.45, 7) is 3.38. The fourth-order valence-electron chi connectivity index (χ4n) is 3.63. The molecule has 0 aromatic carbocycles. The summed E-state index contributed by atoms with van der Waals surface area (Å²) in [4.78, 5) is 19.6. The molecule has 2 bridgehead atoms. The van der Waals surface area contributed by atoms with E-state index >= 15 is 0 Å². The van der Waals surface area contributed by atoms with Gasteiger partial charge < -0.3 is 10.2 Å². The van der Waals surface area contributed by atoms with Crippen molar-refractivity contribution >= 4 is 39.1 Å². The van der Waals surface area contributed by atoms with Gasteiger partial charge in [0.05, 0.1) is 0 Å². The molecule has 2 aliphatic rings. The Morgan fingerprint density at radius 2 is 2.41 bits per heavy atom. The van der Waals surface area contributed by atoms with Gasteiger partial charge in [0.2, 0.25) is 0 Å². The molecule has 2 aromatic rings. The molecule has 6 heteroatoms. The van der Waals surface area contributed by atoms with Gasteiger partial charge >= 0.3 is 0 Å². The first kappa shape index (κ1) is 14.5. The monoisotopic (exact) mass is 333 g/mol. The lowest BCUT2D eigenvalue weighted by Gasteiger charge is -2.30. The van der Waals surface area contributed by atoms with E-state index in [9.17, 15) is 4.79 Å². The van der Waals surface area contributed by atoms with Crippen LogP contribution in [0.1, 0.15) is 23.3 Å². The van der Waals surface area contributed by atoms with Crippen molar-refractivity contribution in [2.45, 2.75) is 23.9 Å². The third kappa shape index (κ3) is 2.64. The molecule has 4 nitrogen and oxygen atoms in total. The number of nitrogens with zero attached hydrogens (tertiary/aromatic N) is 2. The van der Waals surface area contributed by atoms with E-state index in [4.69, 9.17) is 0 Å². The Morgan fingerprint density at radius 1 is 1.50 bits per heavy atom. The van der Waals surface area contributed by atoms with Gasteiger partial charge in [0.15, 0.2) is 0 Å². The maximum atomic E-state index is 12.6. The highest BCUT2D eigenvalue weighted by atomic mass is 32.2. The van der Waals surface area contributed by atoms with Crippen molar-refractivity contribution < 1.29 is 4.79 Å². The van der Waals surface area contributed by atoms with Crippen LogP contribution in [0.3, 0.4) is 0 Å². The standard InChI is InChI=1S/C16H19N3OS2/c1-21-16-12-3-5-22-14(12)7-13(18-16)15(20)17-11-6-10-2-4-19(8-10)9-11/h3,5,7,10-11H,2,4,6,8-9H2,1H3,(H,17,20)/t10-,11+/m0/s1. The topological polar surface area (TPSA) is 45.2 Å². The summed E-state index contributed by atoms with van der Waals surface area (Å²) in [5, 5.41) is 7.34. The number of thioether (sulfide) groups is 1. The highest BCUT2D eigenvalue weighted by Gasteiger charge is 2.33. The van der Waals surface area contributed by atoms with E-state index in [0.717, 1.165) is 34.0 Å². The zero-order chi connectivity index (χ0) is 15.1. The average Bonchev–Trinajstić information content (AvgIpc) is 3.12. The van der Waals surface area contributed by atoms with Gasteiger partial charge in [0.25, 0.3) is 5.91 Å². The number of fused-ring (bicyclic) bond motifs is 3. The van der Waals surface area contributed by atoms with Gasteiger partial charge in [-0.1, -0.05) is 0 Å². The Bertz CT molecular complexity index is 702. The minimum atomic E-state index is -0.0295. The number of piperidine rings is 1. The Kier molecular flexibility index (Phi) is 3.84. The fraction of sp³-hybridized carbons (Fsp3) is 0.500. The molecule has 1 N–H and O–H groups in total. The van der Waals surface area contributed by atoms with Gasteiger partial charge in [-0.15, -0.1) is 23.1 Å². The Hall–Kier alpha value is -1.11. The molecule has 3 atom stereocenters. The predicted octanol–water partition coefficient (Wildman–Crippen LogP) is 2.84. The van der Waals surface area contributed by atoms with Crippen LogP contribution < -0.4 is 5.32 Å². The molecule has 22 heavy (non-hydrogen) atoms. The molecular formula is C16H19N3OS2. The van der Waals surface area contributed by atoms with Crippen molar-refractivity contribution in [1.82, 2.24) is 15.2 Å². The number of hydrogen-bond donors (Lipinski definition) is 1. The highest BCUT2D eigenvalue weighted by Crippen LogP contribution is 2.30. The lowest BCUT2D eigenvalue weighted by atomic mass is 9.97. The molecule has 0 aliphatic carbocycles. The highest BCUT2D eigenvalue weighted by molar-refractivity contribution is 7.98. The summed E-state index contributed by atoms with van der Waals surface area (Å²) >= 11 is 3.26. The van der Waals surface area contributed by atoms with Crippen LogP contribution in [-0.2, 0) is 0 Å². The summed E-state index contributed by atoms with van der Waals surface area (Å²) in [6, 6.07) is 4.27. The molecule has 2 aromatic heterocycles. The molecule has 1 unspecified atom stereocenters. The van der Waals surface area contributed by atoms with Gasteiger partial charge in [-0.2, -0.15) is 0 Å². The number of carbonyl (C=O) groups excluding carboxylic acids is 1. The molecule has 0 spiro atoms. The second-order valence-electron chi connectivity index (χ2n) is 6.17. The van der Waals surface area contributed by atoms with Crippen molar-refractivity contribution in [2.75, 3.05) is 25.9 Å². The van der Waals surface area contributed by atoms with Crippen LogP contribution in [0.2, 0.25) is 0 Å². The maximum Gasteiger partial charge on any atom is 0.270 e. The van der Waals surface area contributed by atoms with Gasteiger partial charge in [0, 0.05) is 29.2 Å². The zero-order valence-corrected chi connectivity index (χ0v) is 14.2. The summed E-state index contributed by atoms with van der Waals surface area (Å²) in [5.41, 5.74) is 0.548. The van der Waals surface area contributed by atoms with E-state index in [2.05, 4.69) is 26.6 Å². The van der Waals surface area contributed by atoms with Crippen LogP contribution in [-0.4, -0.2) is 47.7 Å².